The van der Waals surface area contributed by atoms with E-state index in [1.165, 1.54) is 4.31 Å². The molecule has 1 aliphatic heterocycles. The smallest absolute Gasteiger partial charge is 0.225 e. The minimum Gasteiger partial charge on any atom is -0.354 e. The number of hydrogen-bond acceptors (Lipinski definition) is 3. The molecule has 1 saturated heterocycles. The predicted molar refractivity (Wildman–Crippen MR) is 67.1 cm³/mol. The Hall–Kier alpha value is -0.620. The Kier molecular flexibility index (Phi) is 4.55. The number of hydrogen-bond donors (Lipinski definition) is 1. The first-order valence-electron chi connectivity index (χ1n) is 6.06. The molecule has 5 nitrogen and oxygen atoms in total. The highest BCUT2D eigenvalue weighted by Crippen LogP contribution is 2.19. The van der Waals surface area contributed by atoms with Gasteiger partial charge in [0.2, 0.25) is 15.9 Å². The number of rotatable bonds is 5. The van der Waals surface area contributed by atoms with Gasteiger partial charge in [0.1, 0.15) is 0 Å². The molecule has 1 fully saturated rings. The van der Waals surface area contributed by atoms with Gasteiger partial charge in [0.05, 0.1) is 5.75 Å². The molecular formula is C11H22N2O3S. The molecule has 0 spiro atoms. The third kappa shape index (κ3) is 3.67. The number of amides is 1. The highest BCUT2D eigenvalue weighted by Gasteiger charge is 2.29. The van der Waals surface area contributed by atoms with Crippen LogP contribution in [0.3, 0.4) is 0 Å². The normalized spacial score (nSPS) is 20.4. The van der Waals surface area contributed by atoms with E-state index in [4.69, 9.17) is 0 Å². The Bertz CT molecular complexity index is 376. The summed E-state index contributed by atoms with van der Waals surface area (Å²) in [6.45, 7) is 7.08. The number of carbonyl (C=O) groups excluding carboxylic acids is 1. The van der Waals surface area contributed by atoms with Crippen molar-refractivity contribution in [2.24, 2.45) is 5.41 Å². The van der Waals surface area contributed by atoms with Crippen molar-refractivity contribution in [2.75, 3.05) is 25.4 Å². The van der Waals surface area contributed by atoms with Gasteiger partial charge in [0, 0.05) is 25.0 Å². The zero-order valence-corrected chi connectivity index (χ0v) is 11.6. The summed E-state index contributed by atoms with van der Waals surface area (Å²) >= 11 is 0. The SMILES string of the molecule is CCC(C)(C)C(=O)NCCN1CCCS1(=O)=O. The van der Waals surface area contributed by atoms with Crippen molar-refractivity contribution in [3.63, 3.8) is 0 Å². The van der Waals surface area contributed by atoms with Crippen LogP contribution in [0.15, 0.2) is 0 Å². The Morgan fingerprint density at radius 3 is 2.53 bits per heavy atom. The number of sulfonamides is 1. The molecule has 0 aromatic carbocycles. The van der Waals surface area contributed by atoms with Gasteiger partial charge in [-0.05, 0) is 12.8 Å². The lowest BCUT2D eigenvalue weighted by Gasteiger charge is -2.22. The lowest BCUT2D eigenvalue weighted by Crippen LogP contribution is -2.41. The van der Waals surface area contributed by atoms with Crippen molar-refractivity contribution < 1.29 is 13.2 Å². The molecular weight excluding hydrogens is 240 g/mol. The van der Waals surface area contributed by atoms with Gasteiger partial charge in [-0.2, -0.15) is 0 Å². The molecule has 0 aliphatic carbocycles. The Morgan fingerprint density at radius 1 is 1.41 bits per heavy atom. The molecule has 0 aromatic rings. The van der Waals surface area contributed by atoms with E-state index < -0.39 is 10.0 Å². The van der Waals surface area contributed by atoms with Crippen LogP contribution in [0.1, 0.15) is 33.6 Å². The maximum absolute atomic E-state index is 11.8. The van der Waals surface area contributed by atoms with Crippen molar-refractivity contribution >= 4 is 15.9 Å². The van der Waals surface area contributed by atoms with Gasteiger partial charge in [-0.15, -0.1) is 0 Å². The van der Waals surface area contributed by atoms with Crippen LogP contribution in [0, 0.1) is 5.41 Å². The summed E-state index contributed by atoms with van der Waals surface area (Å²) in [7, 11) is -3.04. The molecule has 1 heterocycles. The minimum atomic E-state index is -3.04. The predicted octanol–water partition coefficient (Wildman–Crippen LogP) is 0.574. The minimum absolute atomic E-state index is 0.0170. The quantitative estimate of drug-likeness (QED) is 0.788. The number of nitrogens with one attached hydrogen (secondary N) is 1. The lowest BCUT2D eigenvalue weighted by atomic mass is 9.89. The highest BCUT2D eigenvalue weighted by atomic mass is 32.2. The van der Waals surface area contributed by atoms with Gasteiger partial charge >= 0.3 is 0 Å². The molecule has 100 valence electrons. The topological polar surface area (TPSA) is 66.5 Å². The van der Waals surface area contributed by atoms with Crippen molar-refractivity contribution in [3.05, 3.63) is 0 Å². The van der Waals surface area contributed by atoms with Crippen LogP contribution < -0.4 is 5.32 Å². The molecule has 0 saturated carbocycles. The monoisotopic (exact) mass is 262 g/mol. The molecule has 1 N–H and O–H groups in total. The Labute approximate surface area is 104 Å². The van der Waals surface area contributed by atoms with E-state index in [-0.39, 0.29) is 17.1 Å². The first-order valence-corrected chi connectivity index (χ1v) is 7.66. The number of nitrogens with zero attached hydrogens (tertiary/aromatic N) is 1. The summed E-state index contributed by atoms with van der Waals surface area (Å²) in [5.41, 5.74) is -0.385. The van der Waals surface area contributed by atoms with Crippen molar-refractivity contribution in [3.8, 4) is 0 Å². The van der Waals surface area contributed by atoms with Gasteiger partial charge < -0.3 is 5.32 Å². The Morgan fingerprint density at radius 2 is 2.06 bits per heavy atom. The van der Waals surface area contributed by atoms with E-state index in [2.05, 4.69) is 5.32 Å². The zero-order valence-electron chi connectivity index (χ0n) is 10.8. The maximum atomic E-state index is 11.8. The van der Waals surface area contributed by atoms with Crippen molar-refractivity contribution in [2.45, 2.75) is 33.6 Å². The second kappa shape index (κ2) is 5.35. The fraction of sp³-hybridized carbons (Fsp3) is 0.909. The molecule has 0 unspecified atom stereocenters. The molecule has 0 aromatic heterocycles. The summed E-state index contributed by atoms with van der Waals surface area (Å²) in [5, 5.41) is 2.79. The van der Waals surface area contributed by atoms with E-state index in [9.17, 15) is 13.2 Å². The van der Waals surface area contributed by atoms with Crippen LogP contribution in [0.5, 0.6) is 0 Å². The van der Waals surface area contributed by atoms with E-state index in [0.29, 0.717) is 26.1 Å². The van der Waals surface area contributed by atoms with Gasteiger partial charge in [0.25, 0.3) is 0 Å². The average molecular weight is 262 g/mol. The standard InChI is InChI=1S/C11H22N2O3S/c1-4-11(2,3)10(14)12-6-8-13-7-5-9-17(13,15)16/h4-9H2,1-3H3,(H,12,14). The second-order valence-corrected chi connectivity index (χ2v) is 7.15. The summed E-state index contributed by atoms with van der Waals surface area (Å²) in [4.78, 5) is 11.8. The summed E-state index contributed by atoms with van der Waals surface area (Å²) in [5.74, 6) is 0.220. The lowest BCUT2D eigenvalue weighted by molar-refractivity contribution is -0.129. The van der Waals surface area contributed by atoms with Crippen LogP contribution in [0.2, 0.25) is 0 Å². The van der Waals surface area contributed by atoms with Crippen LogP contribution in [-0.4, -0.2) is 44.0 Å². The molecule has 0 atom stereocenters. The van der Waals surface area contributed by atoms with Crippen LogP contribution in [0.25, 0.3) is 0 Å². The fourth-order valence-electron chi connectivity index (χ4n) is 1.64. The molecule has 0 bridgehead atoms. The zero-order chi connectivity index (χ0) is 13.1. The van der Waals surface area contributed by atoms with E-state index in [1.807, 2.05) is 20.8 Å². The first-order chi connectivity index (χ1) is 7.79. The largest absolute Gasteiger partial charge is 0.354 e. The van der Waals surface area contributed by atoms with Crippen LogP contribution in [-0.2, 0) is 14.8 Å². The third-order valence-corrected chi connectivity index (χ3v) is 5.31. The van der Waals surface area contributed by atoms with Gasteiger partial charge in [-0.1, -0.05) is 20.8 Å². The van der Waals surface area contributed by atoms with Crippen LogP contribution in [0.4, 0.5) is 0 Å². The third-order valence-electron chi connectivity index (χ3n) is 3.35. The van der Waals surface area contributed by atoms with Crippen molar-refractivity contribution in [1.82, 2.24) is 9.62 Å². The highest BCUT2D eigenvalue weighted by molar-refractivity contribution is 7.89. The van der Waals surface area contributed by atoms with E-state index in [0.717, 1.165) is 6.42 Å². The van der Waals surface area contributed by atoms with Crippen molar-refractivity contribution in [1.29, 1.82) is 0 Å². The molecule has 6 heteroatoms. The summed E-state index contributed by atoms with van der Waals surface area (Å²) in [6, 6.07) is 0. The first kappa shape index (κ1) is 14.4. The second-order valence-electron chi connectivity index (χ2n) is 5.06. The average Bonchev–Trinajstić information content (AvgIpc) is 2.58. The number of carbonyl (C=O) groups is 1. The van der Waals surface area contributed by atoms with Gasteiger partial charge in [0.15, 0.2) is 0 Å². The Balaban J connectivity index is 2.36. The molecule has 0 radical (unpaired) electrons. The van der Waals surface area contributed by atoms with Gasteiger partial charge in [-0.25, -0.2) is 12.7 Å². The molecule has 1 rings (SSSR count). The molecule has 1 aliphatic rings. The summed E-state index contributed by atoms with van der Waals surface area (Å²) in [6.07, 6.45) is 1.46. The molecule has 1 amide bonds. The molecule has 17 heavy (non-hydrogen) atoms. The van der Waals surface area contributed by atoms with E-state index >= 15 is 0 Å². The van der Waals surface area contributed by atoms with E-state index in [1.54, 1.807) is 0 Å². The van der Waals surface area contributed by atoms with Crippen LogP contribution >= 0.6 is 0 Å². The maximum Gasteiger partial charge on any atom is 0.225 e. The fourth-order valence-corrected chi connectivity index (χ4v) is 3.17. The van der Waals surface area contributed by atoms with Gasteiger partial charge in [-0.3, -0.25) is 4.79 Å². The summed E-state index contributed by atoms with van der Waals surface area (Å²) < 4.78 is 24.5.